The van der Waals surface area contributed by atoms with Gasteiger partial charge in [0.2, 0.25) is 5.91 Å². The van der Waals surface area contributed by atoms with Crippen molar-refractivity contribution in [1.82, 2.24) is 20.2 Å². The Morgan fingerprint density at radius 3 is 2.78 bits per heavy atom. The van der Waals surface area contributed by atoms with Gasteiger partial charge in [-0.1, -0.05) is 38.7 Å². The van der Waals surface area contributed by atoms with Crippen molar-refractivity contribution in [2.24, 2.45) is 5.41 Å². The number of pyridine rings is 1. The number of carbonyl (C=O) groups is 1. The van der Waals surface area contributed by atoms with E-state index in [0.29, 0.717) is 24.9 Å². The van der Waals surface area contributed by atoms with Crippen LogP contribution in [0.2, 0.25) is 0 Å². The second kappa shape index (κ2) is 10.7. The number of ether oxygens (including phenoxy) is 1. The van der Waals surface area contributed by atoms with Gasteiger partial charge in [0, 0.05) is 25.3 Å². The second-order valence-corrected chi connectivity index (χ2v) is 11.0. The zero-order chi connectivity index (χ0) is 25.9. The highest BCUT2D eigenvalue weighted by Gasteiger charge is 2.21. The number of carbonyl (C=O) groups excluding carboxylic acids is 1. The minimum atomic E-state index is -0.118. The summed E-state index contributed by atoms with van der Waals surface area (Å²) in [7, 11) is 1.66. The molecule has 0 radical (unpaired) electrons. The molecule has 1 aliphatic rings. The van der Waals surface area contributed by atoms with E-state index >= 15 is 0 Å². The molecule has 0 bridgehead atoms. The van der Waals surface area contributed by atoms with Crippen molar-refractivity contribution in [3.8, 4) is 5.75 Å². The molecule has 1 amide bonds. The van der Waals surface area contributed by atoms with Crippen LogP contribution < -0.4 is 20.7 Å². The summed E-state index contributed by atoms with van der Waals surface area (Å²) in [6.45, 7) is 13.7. The number of amides is 1. The standard InChI is InChI=1S/C27H34N6O2S/c1-7-25(34)33-11-10-19(16-33)29-23-12-18(15-28-17(2)27(3,4)5)13-24(31-23)32-26-30-21-9-8-20(35-6)14-22(21)36-26/h7-14,17,19,28H,1,15-16H2,2-6H3,(H2,29,30,31,32)/t17-,19-/m0/s1. The molecule has 0 unspecified atom stereocenters. The third-order valence-corrected chi connectivity index (χ3v) is 7.24. The molecule has 36 heavy (non-hydrogen) atoms. The zero-order valence-electron chi connectivity index (χ0n) is 21.5. The minimum absolute atomic E-state index is 0.0409. The Balaban J connectivity index is 1.56. The van der Waals surface area contributed by atoms with Crippen LogP contribution in [0.4, 0.5) is 16.8 Å². The Morgan fingerprint density at radius 1 is 1.28 bits per heavy atom. The van der Waals surface area contributed by atoms with Crippen LogP contribution in [-0.2, 0) is 11.3 Å². The zero-order valence-corrected chi connectivity index (χ0v) is 22.3. The molecule has 3 aromatic rings. The van der Waals surface area contributed by atoms with Gasteiger partial charge in [0.1, 0.15) is 17.4 Å². The first-order chi connectivity index (χ1) is 17.1. The van der Waals surface area contributed by atoms with Crippen molar-refractivity contribution in [3.05, 3.63) is 60.8 Å². The summed E-state index contributed by atoms with van der Waals surface area (Å²) in [4.78, 5) is 23.1. The van der Waals surface area contributed by atoms with Gasteiger partial charge in [-0.15, -0.1) is 0 Å². The van der Waals surface area contributed by atoms with Gasteiger partial charge in [-0.3, -0.25) is 4.79 Å². The molecule has 1 aliphatic heterocycles. The van der Waals surface area contributed by atoms with Crippen LogP contribution in [0.1, 0.15) is 33.3 Å². The summed E-state index contributed by atoms with van der Waals surface area (Å²) in [5, 5.41) is 11.2. The first-order valence-corrected chi connectivity index (χ1v) is 12.8. The summed E-state index contributed by atoms with van der Waals surface area (Å²) in [6, 6.07) is 10.2. The maximum Gasteiger partial charge on any atom is 0.249 e. The van der Waals surface area contributed by atoms with Crippen molar-refractivity contribution in [1.29, 1.82) is 0 Å². The lowest BCUT2D eigenvalue weighted by Crippen LogP contribution is -2.37. The number of methoxy groups -OCH3 is 1. The van der Waals surface area contributed by atoms with Gasteiger partial charge >= 0.3 is 0 Å². The van der Waals surface area contributed by atoms with Gasteiger partial charge in [-0.25, -0.2) is 9.97 Å². The first kappa shape index (κ1) is 25.7. The van der Waals surface area contributed by atoms with Gasteiger partial charge in [-0.2, -0.15) is 0 Å². The number of rotatable bonds is 9. The Bertz CT molecular complexity index is 1280. The SMILES string of the molecule is C=CC(=O)N1C=C[C@H](Nc2cc(CN[C@@H](C)C(C)(C)C)cc(Nc3nc4ccc(OC)cc4s3)n2)C1. The fraction of sp³-hybridized carbons (Fsp3) is 0.370. The first-order valence-electron chi connectivity index (χ1n) is 12.0. The van der Waals surface area contributed by atoms with Crippen LogP contribution >= 0.6 is 11.3 Å². The predicted octanol–water partition coefficient (Wildman–Crippen LogP) is 5.29. The van der Waals surface area contributed by atoms with E-state index in [1.807, 2.05) is 36.4 Å². The number of nitrogens with one attached hydrogen (secondary N) is 3. The van der Waals surface area contributed by atoms with E-state index in [-0.39, 0.29) is 17.4 Å². The van der Waals surface area contributed by atoms with E-state index in [9.17, 15) is 4.79 Å². The van der Waals surface area contributed by atoms with Crippen LogP contribution in [-0.4, -0.2) is 46.5 Å². The third-order valence-electron chi connectivity index (χ3n) is 6.31. The van der Waals surface area contributed by atoms with Gasteiger partial charge < -0.3 is 25.6 Å². The summed E-state index contributed by atoms with van der Waals surface area (Å²) < 4.78 is 6.38. The molecule has 1 aromatic carbocycles. The lowest BCUT2D eigenvalue weighted by atomic mass is 9.88. The minimum Gasteiger partial charge on any atom is -0.497 e. The van der Waals surface area contributed by atoms with E-state index in [1.165, 1.54) is 6.08 Å². The Morgan fingerprint density at radius 2 is 2.06 bits per heavy atom. The number of hydrogen-bond acceptors (Lipinski definition) is 8. The van der Waals surface area contributed by atoms with Crippen LogP contribution in [0.5, 0.6) is 5.75 Å². The van der Waals surface area contributed by atoms with E-state index in [0.717, 1.165) is 32.5 Å². The van der Waals surface area contributed by atoms with Crippen molar-refractivity contribution in [3.63, 3.8) is 0 Å². The van der Waals surface area contributed by atoms with Gasteiger partial charge in [0.05, 0.1) is 23.4 Å². The van der Waals surface area contributed by atoms with E-state index < -0.39 is 0 Å². The molecular weight excluding hydrogens is 472 g/mol. The van der Waals surface area contributed by atoms with Gasteiger partial charge in [0.25, 0.3) is 0 Å². The van der Waals surface area contributed by atoms with Crippen molar-refractivity contribution >= 4 is 44.2 Å². The van der Waals surface area contributed by atoms with Crippen LogP contribution in [0, 0.1) is 5.41 Å². The van der Waals surface area contributed by atoms with Crippen molar-refractivity contribution < 1.29 is 9.53 Å². The van der Waals surface area contributed by atoms with Crippen molar-refractivity contribution in [2.75, 3.05) is 24.3 Å². The molecule has 3 N–H and O–H groups in total. The quantitative estimate of drug-likeness (QED) is 0.340. The van der Waals surface area contributed by atoms with E-state index in [1.54, 1.807) is 29.5 Å². The highest BCUT2D eigenvalue weighted by molar-refractivity contribution is 7.22. The fourth-order valence-electron chi connectivity index (χ4n) is 3.71. The Labute approximate surface area is 216 Å². The topological polar surface area (TPSA) is 91.4 Å². The van der Waals surface area contributed by atoms with Gasteiger partial charge in [0.15, 0.2) is 5.13 Å². The number of thiazole rings is 1. The molecule has 8 nitrogen and oxygen atoms in total. The van der Waals surface area contributed by atoms with E-state index in [4.69, 9.17) is 14.7 Å². The Hall–Kier alpha value is -3.43. The molecule has 2 atom stereocenters. The third kappa shape index (κ3) is 6.22. The fourth-order valence-corrected chi connectivity index (χ4v) is 4.61. The molecule has 0 fully saturated rings. The predicted molar refractivity (Wildman–Crippen MR) is 148 cm³/mol. The number of anilines is 3. The monoisotopic (exact) mass is 506 g/mol. The average Bonchev–Trinajstić information content (AvgIpc) is 3.47. The maximum atomic E-state index is 11.9. The number of fused-ring (bicyclic) bond motifs is 1. The van der Waals surface area contributed by atoms with E-state index in [2.05, 4.69) is 50.2 Å². The molecule has 9 heteroatoms. The van der Waals surface area contributed by atoms with Gasteiger partial charge in [-0.05, 0) is 60.4 Å². The summed E-state index contributed by atoms with van der Waals surface area (Å²) >= 11 is 1.55. The van der Waals surface area contributed by atoms with Crippen molar-refractivity contribution in [2.45, 2.75) is 46.3 Å². The number of hydrogen-bond donors (Lipinski definition) is 3. The molecule has 3 heterocycles. The molecule has 2 aromatic heterocycles. The van der Waals surface area contributed by atoms with Crippen LogP contribution in [0.3, 0.4) is 0 Å². The van der Waals surface area contributed by atoms with Crippen LogP contribution in [0.25, 0.3) is 10.2 Å². The highest BCUT2D eigenvalue weighted by atomic mass is 32.1. The molecule has 4 rings (SSSR count). The lowest BCUT2D eigenvalue weighted by Gasteiger charge is -2.28. The number of aromatic nitrogens is 2. The normalized spacial score (nSPS) is 16.2. The summed E-state index contributed by atoms with van der Waals surface area (Å²) in [5.74, 6) is 2.11. The molecule has 0 spiro atoms. The molecule has 190 valence electrons. The molecule has 0 aliphatic carbocycles. The number of nitrogens with zero attached hydrogens (tertiary/aromatic N) is 3. The lowest BCUT2D eigenvalue weighted by molar-refractivity contribution is -0.123. The Kier molecular flexibility index (Phi) is 7.61. The van der Waals surface area contributed by atoms with Crippen LogP contribution in [0.15, 0.2) is 55.3 Å². The highest BCUT2D eigenvalue weighted by Crippen LogP contribution is 2.31. The molecular formula is C27H34N6O2S. The number of benzene rings is 1. The molecule has 0 saturated heterocycles. The average molecular weight is 507 g/mol. The summed E-state index contributed by atoms with van der Waals surface area (Å²) in [6.07, 6.45) is 5.07. The molecule has 0 saturated carbocycles. The maximum absolute atomic E-state index is 11.9. The largest absolute Gasteiger partial charge is 0.497 e. The summed E-state index contributed by atoms with van der Waals surface area (Å²) in [5.41, 5.74) is 2.14. The smallest absolute Gasteiger partial charge is 0.249 e. The second-order valence-electron chi connectivity index (χ2n) is 9.98.